The molecule has 1 amide bonds. The van der Waals surface area contributed by atoms with Crippen LogP contribution in [0.3, 0.4) is 0 Å². The van der Waals surface area contributed by atoms with Gasteiger partial charge < -0.3 is 10.6 Å². The van der Waals surface area contributed by atoms with Crippen molar-refractivity contribution in [3.63, 3.8) is 0 Å². The van der Waals surface area contributed by atoms with Crippen LogP contribution in [0.4, 0.5) is 4.39 Å². The van der Waals surface area contributed by atoms with Crippen LogP contribution in [0.2, 0.25) is 0 Å². The van der Waals surface area contributed by atoms with E-state index in [1.165, 1.54) is 4.68 Å². The Kier molecular flexibility index (Phi) is 5.24. The largest absolute Gasteiger partial charge is 0.336 e. The molecule has 32 heavy (non-hydrogen) atoms. The number of carbonyl (C=O) groups is 1. The normalized spacial score (nSPS) is 18.4. The molecule has 3 aromatic rings. The lowest BCUT2D eigenvalue weighted by molar-refractivity contribution is 0.0702. The van der Waals surface area contributed by atoms with Gasteiger partial charge in [0.05, 0.1) is 17.3 Å². The Morgan fingerprint density at radius 1 is 1.12 bits per heavy atom. The van der Waals surface area contributed by atoms with Gasteiger partial charge in [-0.2, -0.15) is 10.4 Å². The molecule has 1 atom stereocenters. The topological polar surface area (TPSA) is 87.9 Å². The molecule has 0 bridgehead atoms. The number of nitrogens with zero attached hydrogens (tertiary/aromatic N) is 4. The van der Waals surface area contributed by atoms with Gasteiger partial charge >= 0.3 is 0 Å². The fourth-order valence-corrected chi connectivity index (χ4v) is 4.31. The quantitative estimate of drug-likeness (QED) is 0.679. The Bertz CT molecular complexity index is 1210. The van der Waals surface area contributed by atoms with Gasteiger partial charge in [0.25, 0.3) is 5.91 Å². The number of halogens is 1. The number of piperidine rings is 1. The zero-order valence-corrected chi connectivity index (χ0v) is 17.7. The van der Waals surface area contributed by atoms with Crippen molar-refractivity contribution in [2.24, 2.45) is 5.73 Å². The van der Waals surface area contributed by atoms with Gasteiger partial charge in [-0.3, -0.25) is 4.79 Å². The number of hydrogen-bond donors (Lipinski definition) is 1. The van der Waals surface area contributed by atoms with Crippen LogP contribution in [0, 0.1) is 17.1 Å². The van der Waals surface area contributed by atoms with Gasteiger partial charge in [0.1, 0.15) is 11.5 Å². The van der Waals surface area contributed by atoms with Crippen LogP contribution in [0.5, 0.6) is 0 Å². The summed E-state index contributed by atoms with van der Waals surface area (Å²) in [5.74, 6) is -0.134. The lowest BCUT2D eigenvalue weighted by Crippen LogP contribution is -2.45. The summed E-state index contributed by atoms with van der Waals surface area (Å²) in [6.45, 7) is 1.12. The second kappa shape index (κ2) is 8.21. The van der Waals surface area contributed by atoms with Gasteiger partial charge in [-0.1, -0.05) is 18.2 Å². The van der Waals surface area contributed by atoms with Crippen molar-refractivity contribution in [3.05, 3.63) is 71.2 Å². The molecule has 5 rings (SSSR count). The average molecular weight is 429 g/mol. The molecule has 162 valence electrons. The molecular weight excluding hydrogens is 405 g/mol. The first-order chi connectivity index (χ1) is 15.5. The van der Waals surface area contributed by atoms with E-state index in [4.69, 9.17) is 11.0 Å². The van der Waals surface area contributed by atoms with Crippen molar-refractivity contribution >= 4 is 5.91 Å². The van der Waals surface area contributed by atoms with Crippen molar-refractivity contribution in [1.82, 2.24) is 14.7 Å². The van der Waals surface area contributed by atoms with E-state index in [0.717, 1.165) is 36.8 Å². The summed E-state index contributed by atoms with van der Waals surface area (Å²) in [5.41, 5.74) is 9.47. The van der Waals surface area contributed by atoms with E-state index >= 15 is 4.39 Å². The molecule has 2 N–H and O–H groups in total. The summed E-state index contributed by atoms with van der Waals surface area (Å²) in [6.07, 6.45) is 3.93. The van der Waals surface area contributed by atoms with Crippen molar-refractivity contribution < 1.29 is 9.18 Å². The average Bonchev–Trinajstić information content (AvgIpc) is 3.57. The minimum Gasteiger partial charge on any atom is -0.336 e. The van der Waals surface area contributed by atoms with Gasteiger partial charge in [0, 0.05) is 24.7 Å². The molecule has 7 heteroatoms. The number of amides is 1. The molecule has 1 unspecified atom stereocenters. The molecule has 6 nitrogen and oxygen atoms in total. The summed E-state index contributed by atoms with van der Waals surface area (Å²) in [6, 6.07) is 16.0. The number of carbonyl (C=O) groups excluding carboxylic acids is 1. The smallest absolute Gasteiger partial charge is 0.274 e. The third-order valence-electron chi connectivity index (χ3n) is 6.23. The fraction of sp³-hybridized carbons (Fsp3) is 0.320. The molecule has 0 spiro atoms. The number of nitriles is 1. The van der Waals surface area contributed by atoms with E-state index in [-0.39, 0.29) is 23.5 Å². The van der Waals surface area contributed by atoms with Crippen molar-refractivity contribution in [1.29, 1.82) is 5.26 Å². The van der Waals surface area contributed by atoms with Crippen LogP contribution >= 0.6 is 0 Å². The fourth-order valence-electron chi connectivity index (χ4n) is 4.31. The van der Waals surface area contributed by atoms with Crippen LogP contribution in [0.15, 0.2) is 48.5 Å². The lowest BCUT2D eigenvalue weighted by Gasteiger charge is -2.30. The molecule has 1 aliphatic carbocycles. The van der Waals surface area contributed by atoms with Crippen LogP contribution in [0.25, 0.3) is 16.9 Å². The molecule has 1 aliphatic heterocycles. The molecular formula is C25H24FN5O. The summed E-state index contributed by atoms with van der Waals surface area (Å²) < 4.78 is 16.6. The van der Waals surface area contributed by atoms with Crippen LogP contribution in [-0.2, 0) is 0 Å². The number of aromatic nitrogens is 2. The predicted molar refractivity (Wildman–Crippen MR) is 119 cm³/mol. The summed E-state index contributed by atoms with van der Waals surface area (Å²) >= 11 is 0. The van der Waals surface area contributed by atoms with Crippen molar-refractivity contribution in [2.45, 2.75) is 37.6 Å². The third-order valence-corrected chi connectivity index (χ3v) is 6.23. The Morgan fingerprint density at radius 2 is 1.91 bits per heavy atom. The van der Waals surface area contributed by atoms with E-state index in [1.54, 1.807) is 47.4 Å². The van der Waals surface area contributed by atoms with E-state index in [2.05, 4.69) is 11.2 Å². The molecule has 2 heterocycles. The minimum atomic E-state index is -0.369. The maximum atomic E-state index is 15.1. The molecule has 1 aromatic heterocycles. The Hall–Kier alpha value is -3.50. The molecule has 1 saturated heterocycles. The van der Waals surface area contributed by atoms with E-state index in [1.807, 2.05) is 6.07 Å². The second-order valence-corrected chi connectivity index (χ2v) is 8.65. The highest BCUT2D eigenvalue weighted by molar-refractivity contribution is 5.93. The van der Waals surface area contributed by atoms with Gasteiger partial charge in [-0.25, -0.2) is 9.07 Å². The van der Waals surface area contributed by atoms with Crippen LogP contribution in [0.1, 0.15) is 53.2 Å². The van der Waals surface area contributed by atoms with Gasteiger partial charge in [0.15, 0.2) is 5.69 Å². The van der Waals surface area contributed by atoms with Crippen LogP contribution in [-0.4, -0.2) is 39.7 Å². The second-order valence-electron chi connectivity index (χ2n) is 8.65. The van der Waals surface area contributed by atoms with Crippen LogP contribution < -0.4 is 5.73 Å². The maximum absolute atomic E-state index is 15.1. The summed E-state index contributed by atoms with van der Waals surface area (Å²) in [4.78, 5) is 14.9. The van der Waals surface area contributed by atoms with E-state index in [9.17, 15) is 4.79 Å². The third kappa shape index (κ3) is 3.90. The number of hydrogen-bond acceptors (Lipinski definition) is 4. The van der Waals surface area contributed by atoms with Gasteiger partial charge in [0.2, 0.25) is 0 Å². The van der Waals surface area contributed by atoms with Gasteiger partial charge in [-0.15, -0.1) is 0 Å². The first-order valence-corrected chi connectivity index (χ1v) is 11.0. The molecule has 2 aliphatic rings. The zero-order chi connectivity index (χ0) is 22.2. The zero-order valence-electron chi connectivity index (χ0n) is 17.7. The predicted octanol–water partition coefficient (Wildman–Crippen LogP) is 3.99. The van der Waals surface area contributed by atoms with Crippen molar-refractivity contribution in [2.75, 3.05) is 13.1 Å². The van der Waals surface area contributed by atoms with E-state index in [0.29, 0.717) is 36.0 Å². The highest BCUT2D eigenvalue weighted by Gasteiger charge is 2.27. The number of benzene rings is 2. The molecule has 0 radical (unpaired) electrons. The lowest BCUT2D eigenvalue weighted by atomic mass is 10.1. The Balaban J connectivity index is 1.57. The Labute approximate surface area is 186 Å². The SMILES string of the molecule is N#Cc1ccc(-c2cc(C(=O)N3CCCC(N)C3)nn2-c2ccc(C3CC3)cc2F)cc1. The number of likely N-dealkylation sites (tertiary alicyclic amines) is 1. The monoisotopic (exact) mass is 429 g/mol. The molecule has 1 saturated carbocycles. The minimum absolute atomic E-state index is 0.0415. The summed E-state index contributed by atoms with van der Waals surface area (Å²) in [5, 5.41) is 13.6. The highest BCUT2D eigenvalue weighted by Crippen LogP contribution is 2.41. The number of rotatable bonds is 4. The highest BCUT2D eigenvalue weighted by atomic mass is 19.1. The Morgan fingerprint density at radius 3 is 2.56 bits per heavy atom. The first-order valence-electron chi connectivity index (χ1n) is 11.0. The molecule has 2 aromatic carbocycles. The molecule has 2 fully saturated rings. The first kappa shape index (κ1) is 20.4. The van der Waals surface area contributed by atoms with Crippen molar-refractivity contribution in [3.8, 4) is 23.0 Å². The standard InChI is InChI=1S/C25H24FN5O/c26-21-12-19(17-7-8-17)9-10-23(21)31-24(18-5-3-16(14-27)4-6-18)13-22(29-31)25(32)30-11-1-2-20(28)15-30/h3-6,9-10,12-13,17,20H,1-2,7-8,11,15,28H2. The maximum Gasteiger partial charge on any atom is 0.274 e. The van der Waals surface area contributed by atoms with Gasteiger partial charge in [-0.05, 0) is 67.5 Å². The number of nitrogens with two attached hydrogens (primary N) is 1. The summed E-state index contributed by atoms with van der Waals surface area (Å²) in [7, 11) is 0. The van der Waals surface area contributed by atoms with E-state index < -0.39 is 0 Å².